The van der Waals surface area contributed by atoms with E-state index in [2.05, 4.69) is 14.8 Å². The topological polar surface area (TPSA) is 140 Å². The zero-order valence-corrected chi connectivity index (χ0v) is 25.3. The van der Waals surface area contributed by atoms with Crippen molar-refractivity contribution in [3.8, 4) is 11.5 Å². The van der Waals surface area contributed by atoms with Crippen LogP contribution < -0.4 is 24.2 Å². The maximum absolute atomic E-state index is 13.2. The minimum absolute atomic E-state index is 0.0318. The zero-order valence-electron chi connectivity index (χ0n) is 23.7. The van der Waals surface area contributed by atoms with E-state index in [1.54, 1.807) is 31.2 Å². The van der Waals surface area contributed by atoms with Crippen LogP contribution in [0.2, 0.25) is 0 Å². The van der Waals surface area contributed by atoms with Gasteiger partial charge in [0.15, 0.2) is 0 Å². The van der Waals surface area contributed by atoms with E-state index in [1.807, 2.05) is 26.0 Å². The van der Waals surface area contributed by atoms with Crippen molar-refractivity contribution in [1.29, 1.82) is 0 Å². The second-order valence-electron chi connectivity index (χ2n) is 9.55. The predicted octanol–water partition coefficient (Wildman–Crippen LogP) is 5.48. The molecule has 220 valence electrons. The summed E-state index contributed by atoms with van der Waals surface area (Å²) in [5, 5.41) is 2.68. The smallest absolute Gasteiger partial charge is 0.262 e. The molecule has 0 spiro atoms. The first-order chi connectivity index (χ1) is 19.8. The number of aryl methyl sites for hydroxylation is 3. The van der Waals surface area contributed by atoms with Crippen LogP contribution in [0.15, 0.2) is 88.7 Å². The molecule has 4 rings (SSSR count). The third kappa shape index (κ3) is 6.84. The fraction of sp³-hybridized carbons (Fsp3) is 0.167. The Morgan fingerprint density at radius 2 is 1.36 bits per heavy atom. The van der Waals surface area contributed by atoms with Gasteiger partial charge in [-0.05, 0) is 86.5 Å². The van der Waals surface area contributed by atoms with Crippen molar-refractivity contribution in [2.24, 2.45) is 0 Å². The summed E-state index contributed by atoms with van der Waals surface area (Å²) in [7, 11) is -5.10. The molecular formula is C30H31N3O7S2. The van der Waals surface area contributed by atoms with E-state index < -0.39 is 26.0 Å². The van der Waals surface area contributed by atoms with Crippen LogP contribution in [0.4, 0.5) is 17.1 Å². The minimum Gasteiger partial charge on any atom is -0.497 e. The summed E-state index contributed by atoms with van der Waals surface area (Å²) in [5.41, 5.74) is 3.33. The zero-order chi connectivity index (χ0) is 30.7. The van der Waals surface area contributed by atoms with Crippen LogP contribution in [0.1, 0.15) is 27.0 Å². The van der Waals surface area contributed by atoms with Crippen LogP contribution in [-0.4, -0.2) is 37.0 Å². The second kappa shape index (κ2) is 12.1. The average Bonchev–Trinajstić information content (AvgIpc) is 2.94. The van der Waals surface area contributed by atoms with Gasteiger partial charge in [-0.3, -0.25) is 14.2 Å². The number of amides is 1. The molecule has 4 aromatic carbocycles. The lowest BCUT2D eigenvalue weighted by Gasteiger charge is -2.14. The number of ether oxygens (including phenoxy) is 2. The van der Waals surface area contributed by atoms with Crippen molar-refractivity contribution < 1.29 is 31.1 Å². The van der Waals surface area contributed by atoms with Gasteiger partial charge in [0.05, 0.1) is 35.4 Å². The van der Waals surface area contributed by atoms with E-state index in [9.17, 15) is 21.6 Å². The number of nitrogens with one attached hydrogen (secondary N) is 3. The highest BCUT2D eigenvalue weighted by atomic mass is 32.2. The molecule has 3 N–H and O–H groups in total. The Labute approximate surface area is 245 Å². The first-order valence-electron chi connectivity index (χ1n) is 12.7. The molecule has 0 heterocycles. The maximum Gasteiger partial charge on any atom is 0.262 e. The maximum atomic E-state index is 13.2. The molecule has 0 atom stereocenters. The van der Waals surface area contributed by atoms with Gasteiger partial charge in [-0.1, -0.05) is 23.8 Å². The largest absolute Gasteiger partial charge is 0.497 e. The van der Waals surface area contributed by atoms with E-state index in [-0.39, 0.29) is 21.0 Å². The van der Waals surface area contributed by atoms with E-state index in [4.69, 9.17) is 9.47 Å². The Kier molecular flexibility index (Phi) is 8.78. The number of benzene rings is 4. The van der Waals surface area contributed by atoms with Crippen LogP contribution in [0.5, 0.6) is 11.5 Å². The van der Waals surface area contributed by atoms with Crippen molar-refractivity contribution in [3.05, 3.63) is 101 Å². The monoisotopic (exact) mass is 609 g/mol. The van der Waals surface area contributed by atoms with Gasteiger partial charge in [0.2, 0.25) is 0 Å². The highest BCUT2D eigenvalue weighted by Crippen LogP contribution is 2.31. The fourth-order valence-electron chi connectivity index (χ4n) is 4.18. The van der Waals surface area contributed by atoms with Gasteiger partial charge < -0.3 is 14.8 Å². The molecule has 0 bridgehead atoms. The van der Waals surface area contributed by atoms with Crippen molar-refractivity contribution in [2.75, 3.05) is 29.0 Å². The number of carbonyl (C=O) groups excluding carboxylic acids is 1. The van der Waals surface area contributed by atoms with E-state index in [0.717, 1.165) is 11.1 Å². The second-order valence-corrected chi connectivity index (χ2v) is 12.9. The first-order valence-corrected chi connectivity index (χ1v) is 15.7. The standard InChI is InChI=1S/C30H31N3O7S2/c1-19-6-14-26(21(3)16-19)32-42(37,38)29-17-22(8-7-20(29)2)30(34)31-23-9-12-25(13-10-23)41(35,36)33-27-18-24(39-4)11-15-28(27)40-5/h6-18,32-33H,1-5H3,(H,31,34). The SMILES string of the molecule is COc1ccc(OC)c(NS(=O)(=O)c2ccc(NC(=O)c3ccc(C)c(S(=O)(=O)Nc4ccc(C)cc4C)c3)cc2)c1. The summed E-state index contributed by atoms with van der Waals surface area (Å²) < 4.78 is 67.9. The molecule has 0 unspecified atom stereocenters. The van der Waals surface area contributed by atoms with Gasteiger partial charge >= 0.3 is 0 Å². The summed E-state index contributed by atoms with van der Waals surface area (Å²) >= 11 is 0. The van der Waals surface area contributed by atoms with Crippen LogP contribution >= 0.6 is 0 Å². The molecular weight excluding hydrogens is 578 g/mol. The predicted molar refractivity (Wildman–Crippen MR) is 163 cm³/mol. The van der Waals surface area contributed by atoms with Crippen LogP contribution in [0.3, 0.4) is 0 Å². The lowest BCUT2D eigenvalue weighted by atomic mass is 10.1. The molecule has 0 radical (unpaired) electrons. The van der Waals surface area contributed by atoms with Gasteiger partial charge in [-0.2, -0.15) is 0 Å². The van der Waals surface area contributed by atoms with E-state index in [1.165, 1.54) is 56.7 Å². The Morgan fingerprint density at radius 3 is 2.00 bits per heavy atom. The third-order valence-electron chi connectivity index (χ3n) is 6.44. The van der Waals surface area contributed by atoms with Crippen LogP contribution in [0, 0.1) is 20.8 Å². The van der Waals surface area contributed by atoms with E-state index in [0.29, 0.717) is 28.4 Å². The van der Waals surface area contributed by atoms with Crippen LogP contribution in [-0.2, 0) is 20.0 Å². The number of methoxy groups -OCH3 is 2. The van der Waals surface area contributed by atoms with Crippen molar-refractivity contribution in [1.82, 2.24) is 0 Å². The molecule has 0 aliphatic rings. The van der Waals surface area contributed by atoms with Gasteiger partial charge in [-0.25, -0.2) is 16.8 Å². The van der Waals surface area contributed by atoms with Gasteiger partial charge in [0, 0.05) is 17.3 Å². The minimum atomic E-state index is -4.00. The Balaban J connectivity index is 1.51. The summed E-state index contributed by atoms with van der Waals surface area (Å²) in [4.78, 5) is 12.9. The van der Waals surface area contributed by atoms with Crippen molar-refractivity contribution in [3.63, 3.8) is 0 Å². The fourth-order valence-corrected chi connectivity index (χ4v) is 6.64. The van der Waals surface area contributed by atoms with Gasteiger partial charge in [0.25, 0.3) is 26.0 Å². The van der Waals surface area contributed by atoms with Crippen molar-refractivity contribution >= 4 is 43.0 Å². The number of rotatable bonds is 10. The molecule has 42 heavy (non-hydrogen) atoms. The number of hydrogen-bond donors (Lipinski definition) is 3. The van der Waals surface area contributed by atoms with E-state index >= 15 is 0 Å². The molecule has 10 nitrogen and oxygen atoms in total. The van der Waals surface area contributed by atoms with Crippen molar-refractivity contribution in [2.45, 2.75) is 30.6 Å². The molecule has 0 aliphatic carbocycles. The van der Waals surface area contributed by atoms with Gasteiger partial charge in [0.1, 0.15) is 11.5 Å². The lowest BCUT2D eigenvalue weighted by molar-refractivity contribution is 0.102. The van der Waals surface area contributed by atoms with Gasteiger partial charge in [-0.15, -0.1) is 0 Å². The average molecular weight is 610 g/mol. The first kappa shape index (κ1) is 30.4. The Morgan fingerprint density at radius 1 is 0.667 bits per heavy atom. The molecule has 0 saturated heterocycles. The lowest BCUT2D eigenvalue weighted by Crippen LogP contribution is -2.18. The highest BCUT2D eigenvalue weighted by molar-refractivity contribution is 7.93. The Bertz CT molecular complexity index is 1850. The highest BCUT2D eigenvalue weighted by Gasteiger charge is 2.21. The summed E-state index contributed by atoms with van der Waals surface area (Å²) in [6.07, 6.45) is 0. The number of sulfonamides is 2. The third-order valence-corrected chi connectivity index (χ3v) is 9.33. The Hall–Kier alpha value is -4.55. The molecule has 12 heteroatoms. The summed E-state index contributed by atoms with van der Waals surface area (Å²) in [6.45, 7) is 5.37. The molecule has 1 amide bonds. The molecule has 0 fully saturated rings. The molecule has 0 saturated carbocycles. The molecule has 0 aliphatic heterocycles. The quantitative estimate of drug-likeness (QED) is 0.216. The normalized spacial score (nSPS) is 11.5. The number of anilines is 3. The van der Waals surface area contributed by atoms with Crippen LogP contribution in [0.25, 0.3) is 0 Å². The summed E-state index contributed by atoms with van der Waals surface area (Å²) in [6, 6.07) is 20.0. The molecule has 4 aromatic rings. The molecule has 0 aromatic heterocycles. The summed E-state index contributed by atoms with van der Waals surface area (Å²) in [5.74, 6) is 0.194. The number of carbonyl (C=O) groups is 1. The number of hydrogen-bond acceptors (Lipinski definition) is 7.